The molecule has 0 bridgehead atoms. The number of aromatic nitrogens is 2. The number of ether oxygens (including phenoxy) is 2. The van der Waals surface area contributed by atoms with Crippen molar-refractivity contribution in [2.45, 2.75) is 25.5 Å². The van der Waals surface area contributed by atoms with Gasteiger partial charge in [0.1, 0.15) is 17.7 Å². The number of aryl methyl sites for hydroxylation is 1. The highest BCUT2D eigenvalue weighted by Crippen LogP contribution is 2.33. The Bertz CT molecular complexity index is 1200. The second-order valence-electron chi connectivity index (χ2n) is 8.75. The van der Waals surface area contributed by atoms with Crippen molar-refractivity contribution >= 4 is 22.8 Å². The first-order chi connectivity index (χ1) is 16.5. The van der Waals surface area contributed by atoms with E-state index in [1.807, 2.05) is 36.1 Å². The van der Waals surface area contributed by atoms with Gasteiger partial charge in [-0.05, 0) is 36.8 Å². The Morgan fingerprint density at radius 1 is 1.21 bits per heavy atom. The first kappa shape index (κ1) is 22.4. The van der Waals surface area contributed by atoms with E-state index in [2.05, 4.69) is 0 Å². The molecular weight excluding hydrogens is 436 g/mol. The number of carbonyl (C=O) groups is 1. The van der Waals surface area contributed by atoms with E-state index in [0.29, 0.717) is 56.5 Å². The summed E-state index contributed by atoms with van der Waals surface area (Å²) in [5.74, 6) is 1.17. The van der Waals surface area contributed by atoms with E-state index in [0.717, 1.165) is 16.5 Å². The Morgan fingerprint density at radius 3 is 2.82 bits per heavy atom. The molecule has 0 aliphatic carbocycles. The number of hydrogen-bond donors (Lipinski definition) is 2. The number of piperazine rings is 1. The van der Waals surface area contributed by atoms with Crippen LogP contribution in [0.15, 0.2) is 42.5 Å². The summed E-state index contributed by atoms with van der Waals surface area (Å²) in [6.45, 7) is 4.10. The van der Waals surface area contributed by atoms with Crippen LogP contribution in [0, 0.1) is 6.92 Å². The van der Waals surface area contributed by atoms with Gasteiger partial charge < -0.3 is 29.5 Å². The second kappa shape index (κ2) is 9.44. The Kier molecular flexibility index (Phi) is 6.21. The molecule has 9 heteroatoms. The molecule has 9 nitrogen and oxygen atoms in total. The number of aliphatic hydroxyl groups excluding tert-OH is 1. The first-order valence-electron chi connectivity index (χ1n) is 11.5. The zero-order valence-corrected chi connectivity index (χ0v) is 19.1. The van der Waals surface area contributed by atoms with Crippen molar-refractivity contribution in [3.8, 4) is 17.1 Å². The van der Waals surface area contributed by atoms with Gasteiger partial charge in [-0.1, -0.05) is 18.2 Å². The molecule has 1 unspecified atom stereocenters. The van der Waals surface area contributed by atoms with E-state index >= 15 is 0 Å². The molecule has 2 aliphatic rings. The van der Waals surface area contributed by atoms with Gasteiger partial charge in [0.2, 0.25) is 0 Å². The van der Waals surface area contributed by atoms with Crippen LogP contribution in [0.25, 0.3) is 22.3 Å². The van der Waals surface area contributed by atoms with Gasteiger partial charge >= 0.3 is 6.09 Å². The van der Waals surface area contributed by atoms with Crippen LogP contribution < -0.4 is 4.90 Å². The molecule has 0 spiro atoms. The minimum atomic E-state index is -0.383. The summed E-state index contributed by atoms with van der Waals surface area (Å²) in [4.78, 5) is 25.9. The second-order valence-corrected chi connectivity index (χ2v) is 8.75. The molecule has 1 aromatic heterocycles. The van der Waals surface area contributed by atoms with Crippen molar-refractivity contribution in [3.05, 3.63) is 48.0 Å². The highest BCUT2D eigenvalue weighted by molar-refractivity contribution is 5.92. The Hall–Kier alpha value is -3.43. The van der Waals surface area contributed by atoms with Crippen LogP contribution in [0.5, 0.6) is 5.75 Å². The smallest absolute Gasteiger partial charge is 0.410 e. The van der Waals surface area contributed by atoms with E-state index in [1.165, 1.54) is 0 Å². The number of benzene rings is 2. The molecule has 2 N–H and O–H groups in total. The third-order valence-corrected chi connectivity index (χ3v) is 6.36. The number of anilines is 1. The monoisotopic (exact) mass is 464 g/mol. The lowest BCUT2D eigenvalue weighted by Gasteiger charge is -2.41. The van der Waals surface area contributed by atoms with Crippen LogP contribution in [0.1, 0.15) is 12.0 Å². The largest absolute Gasteiger partial charge is 0.507 e. The topological polar surface area (TPSA) is 108 Å². The third kappa shape index (κ3) is 4.36. The van der Waals surface area contributed by atoms with Gasteiger partial charge in [0.25, 0.3) is 0 Å². The van der Waals surface area contributed by atoms with Gasteiger partial charge in [-0.25, -0.2) is 14.8 Å². The summed E-state index contributed by atoms with van der Waals surface area (Å²) in [5.41, 5.74) is 2.35. The maximum absolute atomic E-state index is 12.7. The Morgan fingerprint density at radius 2 is 2.06 bits per heavy atom. The van der Waals surface area contributed by atoms with E-state index in [1.54, 1.807) is 23.1 Å². The summed E-state index contributed by atoms with van der Waals surface area (Å²) in [6, 6.07) is 12.6. The van der Waals surface area contributed by atoms with Crippen molar-refractivity contribution in [2.75, 3.05) is 44.4 Å². The molecule has 0 saturated carbocycles. The summed E-state index contributed by atoms with van der Waals surface area (Å²) in [7, 11) is 0. The number of hydrogen-bond acceptors (Lipinski definition) is 8. The number of aromatic hydroxyl groups is 1. The zero-order chi connectivity index (χ0) is 23.7. The van der Waals surface area contributed by atoms with Gasteiger partial charge in [-0.15, -0.1) is 0 Å². The van der Waals surface area contributed by atoms with Crippen LogP contribution in [-0.2, 0) is 9.47 Å². The summed E-state index contributed by atoms with van der Waals surface area (Å²) >= 11 is 0. The highest BCUT2D eigenvalue weighted by atomic mass is 16.6. The SMILES string of the molecule is Cc1ccc2c(N3CCN(C(=O)O[C@H]4CCOC4)CC3CO)nc(-c3ccccc3O)nc2c1. The molecule has 2 fully saturated rings. The first-order valence-corrected chi connectivity index (χ1v) is 11.5. The summed E-state index contributed by atoms with van der Waals surface area (Å²) in [6.07, 6.45) is 0.108. The van der Waals surface area contributed by atoms with Crippen LogP contribution in [-0.4, -0.2) is 82.8 Å². The fraction of sp³-hybridized carbons (Fsp3) is 0.400. The molecule has 1 amide bonds. The number of para-hydroxylation sites is 1. The molecular formula is C25H28N4O5. The molecule has 178 valence electrons. The lowest BCUT2D eigenvalue weighted by atomic mass is 10.1. The van der Waals surface area contributed by atoms with Crippen LogP contribution in [0.4, 0.5) is 10.6 Å². The van der Waals surface area contributed by atoms with Gasteiger partial charge in [-0.2, -0.15) is 0 Å². The molecule has 2 saturated heterocycles. The summed E-state index contributed by atoms with van der Waals surface area (Å²) in [5, 5.41) is 21.5. The van der Waals surface area contributed by atoms with Crippen molar-refractivity contribution in [2.24, 2.45) is 0 Å². The predicted octanol–water partition coefficient (Wildman–Crippen LogP) is 2.72. The van der Waals surface area contributed by atoms with Crippen molar-refractivity contribution < 1.29 is 24.5 Å². The fourth-order valence-electron chi connectivity index (χ4n) is 4.50. The average molecular weight is 465 g/mol. The summed E-state index contributed by atoms with van der Waals surface area (Å²) < 4.78 is 10.9. The van der Waals surface area contributed by atoms with E-state index in [9.17, 15) is 15.0 Å². The minimum absolute atomic E-state index is 0.0996. The Balaban J connectivity index is 1.48. The maximum Gasteiger partial charge on any atom is 0.410 e. The van der Waals surface area contributed by atoms with Crippen LogP contribution in [0.3, 0.4) is 0 Å². The number of aliphatic hydroxyl groups is 1. The normalized spacial score (nSPS) is 20.6. The number of phenols is 1. The quantitative estimate of drug-likeness (QED) is 0.607. The molecule has 5 rings (SSSR count). The number of rotatable bonds is 4. The van der Waals surface area contributed by atoms with Crippen molar-refractivity contribution in [3.63, 3.8) is 0 Å². The number of amides is 1. The number of fused-ring (bicyclic) bond motifs is 1. The fourth-order valence-corrected chi connectivity index (χ4v) is 4.50. The van der Waals surface area contributed by atoms with Crippen molar-refractivity contribution in [1.82, 2.24) is 14.9 Å². The maximum atomic E-state index is 12.7. The lowest BCUT2D eigenvalue weighted by Crippen LogP contribution is -2.57. The van der Waals surface area contributed by atoms with Gasteiger partial charge in [0, 0.05) is 31.4 Å². The van der Waals surface area contributed by atoms with E-state index in [4.69, 9.17) is 19.4 Å². The molecule has 2 aliphatic heterocycles. The van der Waals surface area contributed by atoms with E-state index in [-0.39, 0.29) is 30.6 Å². The Labute approximate surface area is 197 Å². The molecule has 34 heavy (non-hydrogen) atoms. The van der Waals surface area contributed by atoms with Gasteiger partial charge in [0.05, 0.1) is 36.9 Å². The minimum Gasteiger partial charge on any atom is -0.507 e. The number of nitrogens with zero attached hydrogens (tertiary/aromatic N) is 4. The molecule has 3 heterocycles. The van der Waals surface area contributed by atoms with Crippen LogP contribution >= 0.6 is 0 Å². The van der Waals surface area contributed by atoms with Crippen molar-refractivity contribution in [1.29, 1.82) is 0 Å². The number of phenolic OH excluding ortho intramolecular Hbond substituents is 1. The highest BCUT2D eigenvalue weighted by Gasteiger charge is 2.33. The molecule has 2 aromatic carbocycles. The standard InChI is InChI=1S/C25H28N4O5/c1-16-6-7-19-21(12-16)26-23(20-4-2-3-5-22(20)31)27-24(19)29-10-9-28(13-17(29)14-30)25(32)34-18-8-11-33-15-18/h2-7,12,17-18,30-31H,8-11,13-15H2,1H3/t17?,18-/m0/s1. The lowest BCUT2D eigenvalue weighted by molar-refractivity contribution is 0.0477. The average Bonchev–Trinajstić information content (AvgIpc) is 3.36. The van der Waals surface area contributed by atoms with Gasteiger partial charge in [-0.3, -0.25) is 0 Å². The predicted molar refractivity (Wildman–Crippen MR) is 127 cm³/mol. The third-order valence-electron chi connectivity index (χ3n) is 6.36. The van der Waals surface area contributed by atoms with Crippen LogP contribution in [0.2, 0.25) is 0 Å². The molecule has 3 aromatic rings. The van der Waals surface area contributed by atoms with E-state index < -0.39 is 0 Å². The molecule has 2 atom stereocenters. The zero-order valence-electron chi connectivity index (χ0n) is 19.1. The van der Waals surface area contributed by atoms with Gasteiger partial charge in [0.15, 0.2) is 5.82 Å². The number of carbonyl (C=O) groups excluding carboxylic acids is 1. The molecule has 0 radical (unpaired) electrons.